The summed E-state index contributed by atoms with van der Waals surface area (Å²) in [4.78, 5) is 24.0. The lowest BCUT2D eigenvalue weighted by Gasteiger charge is -2.19. The van der Waals surface area contributed by atoms with E-state index in [1.54, 1.807) is 6.92 Å². The number of carbonyl (C=O) groups is 1. The van der Waals surface area contributed by atoms with Crippen molar-refractivity contribution in [3.63, 3.8) is 0 Å². The topological polar surface area (TPSA) is 110 Å². The summed E-state index contributed by atoms with van der Waals surface area (Å²) in [6.45, 7) is 2.17. The molecule has 0 saturated carbocycles. The molecule has 1 aliphatic rings. The first-order chi connectivity index (χ1) is 8.80. The van der Waals surface area contributed by atoms with Crippen molar-refractivity contribution in [2.75, 3.05) is 18.8 Å². The summed E-state index contributed by atoms with van der Waals surface area (Å²) < 4.78 is 0. The molecule has 0 bridgehead atoms. The van der Waals surface area contributed by atoms with Crippen LogP contribution >= 0.6 is 0 Å². The van der Waals surface area contributed by atoms with Crippen molar-refractivity contribution in [3.8, 4) is 0 Å². The van der Waals surface area contributed by atoms with Crippen molar-refractivity contribution in [3.05, 3.63) is 33.9 Å². The predicted octanol–water partition coefficient (Wildman–Crippen LogP) is 0.774. The van der Waals surface area contributed by atoms with E-state index >= 15 is 0 Å². The summed E-state index contributed by atoms with van der Waals surface area (Å²) in [5.41, 5.74) is 4.61. The van der Waals surface area contributed by atoms with Gasteiger partial charge in [0, 0.05) is 24.8 Å². The van der Waals surface area contributed by atoms with E-state index in [1.165, 1.54) is 23.1 Å². The number of hydrogen-bond acceptors (Lipinski definition) is 5. The molecule has 2 rings (SSSR count). The smallest absolute Gasteiger partial charge is 0.282 e. The van der Waals surface area contributed by atoms with Gasteiger partial charge in [-0.3, -0.25) is 14.9 Å². The van der Waals surface area contributed by atoms with E-state index in [0.717, 1.165) is 0 Å². The molecule has 1 atom stereocenters. The fourth-order valence-electron chi connectivity index (χ4n) is 2.17. The number of anilines is 1. The zero-order chi connectivity index (χ0) is 14.2. The first-order valence-electron chi connectivity index (χ1n) is 5.86. The van der Waals surface area contributed by atoms with Gasteiger partial charge >= 0.3 is 0 Å². The van der Waals surface area contributed by atoms with Crippen molar-refractivity contribution >= 4 is 17.3 Å². The van der Waals surface area contributed by atoms with Crippen LogP contribution in [0.25, 0.3) is 0 Å². The Morgan fingerprint density at radius 1 is 1.58 bits per heavy atom. The third-order valence-corrected chi connectivity index (χ3v) is 3.19. The van der Waals surface area contributed by atoms with Gasteiger partial charge in [-0.1, -0.05) is 0 Å². The Morgan fingerprint density at radius 2 is 2.26 bits per heavy atom. The Balaban J connectivity index is 2.34. The van der Waals surface area contributed by atoms with Crippen LogP contribution in [-0.4, -0.2) is 39.5 Å². The number of likely N-dealkylation sites (tertiary alicyclic amines) is 1. The number of nitrogens with zero attached hydrogens (tertiary/aromatic N) is 2. The molecule has 0 aromatic heterocycles. The number of benzene rings is 1. The molecule has 7 nitrogen and oxygen atoms in total. The van der Waals surface area contributed by atoms with Crippen molar-refractivity contribution in [1.29, 1.82) is 0 Å². The Labute approximate surface area is 109 Å². The molecular formula is C12H15N3O4. The predicted molar refractivity (Wildman–Crippen MR) is 68.7 cm³/mol. The number of nitro groups is 1. The number of amides is 1. The molecule has 1 fully saturated rings. The maximum Gasteiger partial charge on any atom is 0.282 e. The molecule has 1 aliphatic heterocycles. The molecule has 19 heavy (non-hydrogen) atoms. The van der Waals surface area contributed by atoms with Crippen LogP contribution in [0.1, 0.15) is 23.7 Å². The van der Waals surface area contributed by atoms with E-state index in [2.05, 4.69) is 0 Å². The number of rotatable bonds is 2. The minimum Gasteiger partial charge on any atom is -0.399 e. The Kier molecular flexibility index (Phi) is 3.15. The zero-order valence-corrected chi connectivity index (χ0v) is 10.5. The van der Waals surface area contributed by atoms with Crippen LogP contribution in [0.2, 0.25) is 0 Å². The zero-order valence-electron chi connectivity index (χ0n) is 10.5. The highest BCUT2D eigenvalue weighted by atomic mass is 16.6. The Bertz CT molecular complexity index is 542. The number of nitrogen functional groups attached to an aromatic ring is 1. The third-order valence-electron chi connectivity index (χ3n) is 3.19. The summed E-state index contributed by atoms with van der Waals surface area (Å²) in [7, 11) is 0. The minimum atomic E-state index is -0.940. The van der Waals surface area contributed by atoms with Crippen LogP contribution in [0.5, 0.6) is 0 Å². The second kappa shape index (κ2) is 4.51. The van der Waals surface area contributed by atoms with E-state index in [4.69, 9.17) is 5.73 Å². The highest BCUT2D eigenvalue weighted by Crippen LogP contribution is 2.27. The van der Waals surface area contributed by atoms with Crippen LogP contribution < -0.4 is 5.73 Å². The summed E-state index contributed by atoms with van der Waals surface area (Å²) >= 11 is 0. The number of hydrogen-bond donors (Lipinski definition) is 2. The quantitative estimate of drug-likeness (QED) is 0.466. The second-order valence-corrected chi connectivity index (χ2v) is 5.01. The van der Waals surface area contributed by atoms with Gasteiger partial charge in [0.2, 0.25) is 0 Å². The van der Waals surface area contributed by atoms with Crippen molar-refractivity contribution in [2.24, 2.45) is 0 Å². The average molecular weight is 265 g/mol. The minimum absolute atomic E-state index is 0.0392. The van der Waals surface area contributed by atoms with Gasteiger partial charge in [-0.15, -0.1) is 0 Å². The van der Waals surface area contributed by atoms with Crippen LogP contribution in [0, 0.1) is 10.1 Å². The fourth-order valence-corrected chi connectivity index (χ4v) is 2.17. The van der Waals surface area contributed by atoms with E-state index in [0.29, 0.717) is 18.7 Å². The molecule has 1 unspecified atom stereocenters. The van der Waals surface area contributed by atoms with E-state index in [1.807, 2.05) is 0 Å². The molecule has 0 spiro atoms. The SMILES string of the molecule is CC1(O)CCN(C(=O)c2cc(N)ccc2[N+](=O)[O-])C1. The number of carbonyl (C=O) groups excluding carboxylic acids is 1. The summed E-state index contributed by atoms with van der Waals surface area (Å²) in [6.07, 6.45) is 0.453. The van der Waals surface area contributed by atoms with E-state index in [-0.39, 0.29) is 17.8 Å². The molecular weight excluding hydrogens is 250 g/mol. The highest BCUT2D eigenvalue weighted by Gasteiger charge is 2.36. The first-order valence-corrected chi connectivity index (χ1v) is 5.86. The van der Waals surface area contributed by atoms with Gasteiger partial charge in [-0.05, 0) is 25.5 Å². The van der Waals surface area contributed by atoms with Crippen LogP contribution in [-0.2, 0) is 0 Å². The normalized spacial score (nSPS) is 22.5. The van der Waals surface area contributed by atoms with Crippen LogP contribution in [0.15, 0.2) is 18.2 Å². The van der Waals surface area contributed by atoms with E-state index in [9.17, 15) is 20.0 Å². The molecule has 0 radical (unpaired) electrons. The van der Waals surface area contributed by atoms with Gasteiger partial charge in [0.05, 0.1) is 10.5 Å². The number of nitro benzene ring substituents is 1. The molecule has 1 aromatic carbocycles. The largest absolute Gasteiger partial charge is 0.399 e. The summed E-state index contributed by atoms with van der Waals surface area (Å²) in [5.74, 6) is -0.475. The molecule has 1 amide bonds. The number of nitrogens with two attached hydrogens (primary N) is 1. The molecule has 1 saturated heterocycles. The number of aliphatic hydroxyl groups is 1. The van der Waals surface area contributed by atoms with Crippen molar-refractivity contribution < 1.29 is 14.8 Å². The van der Waals surface area contributed by atoms with E-state index < -0.39 is 16.4 Å². The lowest BCUT2D eigenvalue weighted by molar-refractivity contribution is -0.385. The number of β-amino-alcohol motifs (C(OH)–C–C–N with tert-alkyl or cyclic N) is 1. The lowest BCUT2D eigenvalue weighted by atomic mass is 10.1. The molecule has 102 valence electrons. The van der Waals surface area contributed by atoms with Gasteiger partial charge in [0.15, 0.2) is 0 Å². The molecule has 0 aliphatic carbocycles. The fraction of sp³-hybridized carbons (Fsp3) is 0.417. The van der Waals surface area contributed by atoms with Crippen LogP contribution in [0.3, 0.4) is 0 Å². The highest BCUT2D eigenvalue weighted by molar-refractivity contribution is 5.99. The van der Waals surface area contributed by atoms with Gasteiger partial charge in [-0.25, -0.2) is 0 Å². The average Bonchev–Trinajstić information content (AvgIpc) is 2.68. The van der Waals surface area contributed by atoms with Crippen molar-refractivity contribution in [2.45, 2.75) is 18.9 Å². The maximum atomic E-state index is 12.3. The van der Waals surface area contributed by atoms with Gasteiger partial charge in [-0.2, -0.15) is 0 Å². The first kappa shape index (κ1) is 13.3. The third kappa shape index (κ3) is 2.65. The van der Waals surface area contributed by atoms with Gasteiger partial charge in [0.25, 0.3) is 11.6 Å². The molecule has 7 heteroatoms. The van der Waals surface area contributed by atoms with Gasteiger partial charge in [0.1, 0.15) is 5.56 Å². The summed E-state index contributed by atoms with van der Waals surface area (Å²) in [5, 5.41) is 20.8. The summed E-state index contributed by atoms with van der Waals surface area (Å²) in [6, 6.07) is 3.90. The maximum absolute atomic E-state index is 12.3. The van der Waals surface area contributed by atoms with Gasteiger partial charge < -0.3 is 15.7 Å². The lowest BCUT2D eigenvalue weighted by Crippen LogP contribution is -2.34. The van der Waals surface area contributed by atoms with Crippen molar-refractivity contribution in [1.82, 2.24) is 4.90 Å². The van der Waals surface area contributed by atoms with Crippen LogP contribution in [0.4, 0.5) is 11.4 Å². The second-order valence-electron chi connectivity index (χ2n) is 5.01. The standard InChI is InChI=1S/C12H15N3O4/c1-12(17)4-5-14(7-12)11(16)9-6-8(13)2-3-10(9)15(18)19/h2-3,6,17H,4-5,7,13H2,1H3. The Morgan fingerprint density at radius 3 is 2.79 bits per heavy atom. The molecule has 1 aromatic rings. The molecule has 1 heterocycles. The Hall–Kier alpha value is -2.15. The molecule has 3 N–H and O–H groups in total. The monoisotopic (exact) mass is 265 g/mol.